The zero-order chi connectivity index (χ0) is 10.8. The number of thiophene rings is 1. The van der Waals surface area contributed by atoms with E-state index in [9.17, 15) is 0 Å². The lowest BCUT2D eigenvalue weighted by atomic mass is 10.4. The summed E-state index contributed by atoms with van der Waals surface area (Å²) < 4.78 is 2.10. The monoisotopic (exact) mass is 233 g/mol. The fraction of sp³-hybridized carbons (Fsp3) is 0.417. The first-order valence-electron chi connectivity index (χ1n) is 5.67. The van der Waals surface area contributed by atoms with E-state index in [4.69, 9.17) is 0 Å². The molecule has 0 unspecified atom stereocenters. The van der Waals surface area contributed by atoms with Crippen LogP contribution < -0.4 is 5.32 Å². The van der Waals surface area contributed by atoms with E-state index in [-0.39, 0.29) is 0 Å². The van der Waals surface area contributed by atoms with Gasteiger partial charge >= 0.3 is 0 Å². The van der Waals surface area contributed by atoms with Gasteiger partial charge in [-0.05, 0) is 25.0 Å². The number of imidazole rings is 1. The molecule has 3 nitrogen and oxygen atoms in total. The lowest BCUT2D eigenvalue weighted by Gasteiger charge is -1.99. The molecule has 3 rings (SSSR count). The molecule has 0 radical (unpaired) electrons. The van der Waals surface area contributed by atoms with Gasteiger partial charge in [-0.1, -0.05) is 0 Å². The van der Waals surface area contributed by atoms with Gasteiger partial charge in [-0.15, -0.1) is 11.3 Å². The van der Waals surface area contributed by atoms with Crippen LogP contribution in [-0.4, -0.2) is 15.6 Å². The van der Waals surface area contributed by atoms with E-state index in [1.807, 2.05) is 30.1 Å². The van der Waals surface area contributed by atoms with Gasteiger partial charge in [-0.2, -0.15) is 0 Å². The second-order valence-electron chi connectivity index (χ2n) is 4.26. The van der Waals surface area contributed by atoms with Crippen molar-refractivity contribution in [1.29, 1.82) is 0 Å². The van der Waals surface area contributed by atoms with Crippen LogP contribution in [0.3, 0.4) is 0 Å². The summed E-state index contributed by atoms with van der Waals surface area (Å²) in [7, 11) is 0. The highest BCUT2D eigenvalue weighted by atomic mass is 32.1. The molecule has 1 aliphatic rings. The highest BCUT2D eigenvalue weighted by molar-refractivity contribution is 7.11. The fourth-order valence-electron chi connectivity index (χ4n) is 1.69. The summed E-state index contributed by atoms with van der Waals surface area (Å²) in [6, 6.07) is 5.24. The Bertz CT molecular complexity index is 443. The van der Waals surface area contributed by atoms with Crippen molar-refractivity contribution in [2.24, 2.45) is 0 Å². The molecular weight excluding hydrogens is 218 g/mol. The van der Waals surface area contributed by atoms with Gasteiger partial charge in [0.05, 0.1) is 12.9 Å². The minimum atomic E-state index is 0.791. The van der Waals surface area contributed by atoms with Crippen molar-refractivity contribution in [2.75, 3.05) is 0 Å². The molecule has 0 saturated heterocycles. The quantitative estimate of drug-likeness (QED) is 0.858. The zero-order valence-electron chi connectivity index (χ0n) is 9.10. The summed E-state index contributed by atoms with van der Waals surface area (Å²) in [6.07, 6.45) is 8.40. The predicted molar refractivity (Wildman–Crippen MR) is 65.5 cm³/mol. The molecule has 0 bridgehead atoms. The Morgan fingerprint density at radius 1 is 1.38 bits per heavy atom. The number of hydrogen-bond donors (Lipinski definition) is 1. The first kappa shape index (κ1) is 10.1. The molecule has 0 atom stereocenters. The predicted octanol–water partition coefficient (Wildman–Crippen LogP) is 2.24. The van der Waals surface area contributed by atoms with Crippen LogP contribution >= 0.6 is 11.3 Å². The maximum atomic E-state index is 4.05. The van der Waals surface area contributed by atoms with E-state index >= 15 is 0 Å². The van der Waals surface area contributed by atoms with Gasteiger partial charge < -0.3 is 9.88 Å². The Kier molecular flexibility index (Phi) is 2.76. The van der Waals surface area contributed by atoms with Gasteiger partial charge in [-0.3, -0.25) is 0 Å². The van der Waals surface area contributed by atoms with E-state index in [2.05, 4.69) is 27.0 Å². The van der Waals surface area contributed by atoms with Crippen LogP contribution in [0.2, 0.25) is 0 Å². The number of aromatic nitrogens is 2. The Labute approximate surface area is 99.1 Å². The van der Waals surface area contributed by atoms with E-state index in [1.54, 1.807) is 0 Å². The standard InChI is InChI=1S/C12H15N3S/c1-2-10(1)14-7-11-3-4-12(16-11)8-15-6-5-13-9-15/h3-6,9-10,14H,1-2,7-8H2. The van der Waals surface area contributed by atoms with Crippen molar-refractivity contribution in [2.45, 2.75) is 32.0 Å². The maximum Gasteiger partial charge on any atom is 0.0949 e. The summed E-state index contributed by atoms with van der Waals surface area (Å²) >= 11 is 1.89. The summed E-state index contributed by atoms with van der Waals surface area (Å²) in [4.78, 5) is 6.87. The molecule has 0 spiro atoms. The van der Waals surface area contributed by atoms with Gasteiger partial charge in [-0.25, -0.2) is 4.98 Å². The van der Waals surface area contributed by atoms with Crippen molar-refractivity contribution in [3.05, 3.63) is 40.6 Å². The SMILES string of the molecule is c1cn(Cc2ccc(CNC3CC3)s2)cn1. The van der Waals surface area contributed by atoms with Crippen LogP contribution in [0.4, 0.5) is 0 Å². The third kappa shape index (κ3) is 2.51. The molecule has 1 fully saturated rings. The van der Waals surface area contributed by atoms with Gasteiger partial charge in [0.1, 0.15) is 0 Å². The summed E-state index contributed by atoms with van der Waals surface area (Å²) in [6.45, 7) is 1.97. The smallest absolute Gasteiger partial charge is 0.0949 e. The topological polar surface area (TPSA) is 29.9 Å². The highest BCUT2D eigenvalue weighted by Crippen LogP contribution is 2.22. The average Bonchev–Trinajstić information content (AvgIpc) is 2.78. The minimum Gasteiger partial charge on any atom is -0.332 e. The van der Waals surface area contributed by atoms with E-state index in [0.717, 1.165) is 19.1 Å². The van der Waals surface area contributed by atoms with Gasteiger partial charge in [0.25, 0.3) is 0 Å². The molecular formula is C12H15N3S. The number of nitrogens with one attached hydrogen (secondary N) is 1. The van der Waals surface area contributed by atoms with Crippen LogP contribution in [-0.2, 0) is 13.1 Å². The third-order valence-electron chi connectivity index (χ3n) is 2.76. The van der Waals surface area contributed by atoms with E-state index < -0.39 is 0 Å². The summed E-state index contributed by atoms with van der Waals surface area (Å²) in [5.74, 6) is 0. The molecule has 1 saturated carbocycles. The largest absolute Gasteiger partial charge is 0.332 e. The van der Waals surface area contributed by atoms with E-state index in [0.29, 0.717) is 0 Å². The molecule has 1 aliphatic carbocycles. The van der Waals surface area contributed by atoms with Gasteiger partial charge in [0.2, 0.25) is 0 Å². The second kappa shape index (κ2) is 4.39. The molecule has 16 heavy (non-hydrogen) atoms. The first-order valence-corrected chi connectivity index (χ1v) is 6.48. The first-order chi connectivity index (χ1) is 7.90. The van der Waals surface area contributed by atoms with Crippen LogP contribution in [0.25, 0.3) is 0 Å². The van der Waals surface area contributed by atoms with Crippen molar-refractivity contribution in [1.82, 2.24) is 14.9 Å². The molecule has 0 amide bonds. The number of nitrogens with zero attached hydrogens (tertiary/aromatic N) is 2. The van der Waals surface area contributed by atoms with Gasteiger partial charge in [0.15, 0.2) is 0 Å². The summed E-state index contributed by atoms with van der Waals surface area (Å²) in [5, 5.41) is 3.54. The lowest BCUT2D eigenvalue weighted by molar-refractivity contribution is 0.695. The van der Waals surface area contributed by atoms with Crippen molar-refractivity contribution >= 4 is 11.3 Å². The average molecular weight is 233 g/mol. The van der Waals surface area contributed by atoms with Gasteiger partial charge in [0, 0.05) is 34.7 Å². The van der Waals surface area contributed by atoms with Crippen LogP contribution in [0.15, 0.2) is 30.9 Å². The lowest BCUT2D eigenvalue weighted by Crippen LogP contribution is -2.14. The number of hydrogen-bond acceptors (Lipinski definition) is 3. The normalized spacial score (nSPS) is 15.5. The fourth-order valence-corrected chi connectivity index (χ4v) is 2.67. The molecule has 84 valence electrons. The van der Waals surface area contributed by atoms with Crippen molar-refractivity contribution in [3.8, 4) is 0 Å². The summed E-state index contributed by atoms with van der Waals surface area (Å²) in [5.41, 5.74) is 0. The second-order valence-corrected chi connectivity index (χ2v) is 5.51. The molecule has 2 heterocycles. The highest BCUT2D eigenvalue weighted by Gasteiger charge is 2.20. The molecule has 0 aliphatic heterocycles. The van der Waals surface area contributed by atoms with Crippen LogP contribution in [0.1, 0.15) is 22.6 Å². The minimum absolute atomic E-state index is 0.791. The Balaban J connectivity index is 1.58. The number of rotatable bonds is 5. The molecule has 1 N–H and O–H groups in total. The van der Waals surface area contributed by atoms with E-state index in [1.165, 1.54) is 22.6 Å². The molecule has 2 aromatic rings. The van der Waals surface area contributed by atoms with Crippen molar-refractivity contribution in [3.63, 3.8) is 0 Å². The van der Waals surface area contributed by atoms with Crippen LogP contribution in [0, 0.1) is 0 Å². The Morgan fingerprint density at radius 2 is 2.25 bits per heavy atom. The Hall–Kier alpha value is -1.13. The zero-order valence-corrected chi connectivity index (χ0v) is 9.91. The molecule has 4 heteroatoms. The molecule has 0 aromatic carbocycles. The Morgan fingerprint density at radius 3 is 3.00 bits per heavy atom. The maximum absolute atomic E-state index is 4.05. The molecule has 2 aromatic heterocycles. The van der Waals surface area contributed by atoms with Crippen LogP contribution in [0.5, 0.6) is 0 Å². The third-order valence-corrected chi connectivity index (χ3v) is 3.83. The van der Waals surface area contributed by atoms with Crippen molar-refractivity contribution < 1.29 is 0 Å².